The minimum absolute atomic E-state index is 0.0289. The van der Waals surface area contributed by atoms with Gasteiger partial charge in [-0.05, 0) is 24.0 Å². The van der Waals surface area contributed by atoms with Crippen molar-refractivity contribution in [3.63, 3.8) is 0 Å². The normalized spacial score (nSPS) is 26.2. The summed E-state index contributed by atoms with van der Waals surface area (Å²) in [5, 5.41) is 11.1. The van der Waals surface area contributed by atoms with Gasteiger partial charge in [-0.1, -0.05) is 32.1 Å². The smallest absolute Gasteiger partial charge is 0.220 e. The number of methoxy groups -OCH3 is 1. The molecule has 2 unspecified atom stereocenters. The van der Waals surface area contributed by atoms with E-state index in [2.05, 4.69) is 0 Å². The molecule has 0 amide bonds. The highest BCUT2D eigenvalue weighted by molar-refractivity contribution is 6.32. The highest BCUT2D eigenvalue weighted by Crippen LogP contribution is 2.44. The number of carbonyl (C=O) groups excluding carboxylic acids is 2. The van der Waals surface area contributed by atoms with Crippen LogP contribution in [0.1, 0.15) is 37.3 Å². The Labute approximate surface area is 146 Å². The Balaban J connectivity index is 2.17. The van der Waals surface area contributed by atoms with Gasteiger partial charge in [0.25, 0.3) is 0 Å². The van der Waals surface area contributed by atoms with Crippen LogP contribution >= 0.6 is 0 Å². The Morgan fingerprint density at radius 2 is 1.96 bits per heavy atom. The molecule has 132 valence electrons. The second-order valence-electron chi connectivity index (χ2n) is 6.77. The van der Waals surface area contributed by atoms with Crippen LogP contribution in [-0.2, 0) is 15.2 Å². The van der Waals surface area contributed by atoms with Crippen molar-refractivity contribution < 1.29 is 19.4 Å². The molecule has 0 fully saturated rings. The van der Waals surface area contributed by atoms with Gasteiger partial charge in [-0.25, -0.2) is 0 Å². The molecule has 0 heterocycles. The molecule has 2 aliphatic carbocycles. The van der Waals surface area contributed by atoms with Gasteiger partial charge in [-0.15, -0.1) is 0 Å². The molecule has 2 atom stereocenters. The first-order valence-corrected chi connectivity index (χ1v) is 8.19. The largest absolute Gasteiger partial charge is 0.496 e. The van der Waals surface area contributed by atoms with Gasteiger partial charge in [0.2, 0.25) is 17.2 Å². The SMILES string of the molecule is COc1cc(C(C)C)ccc1C1(O)C(=O)C2=C(C1=O)C(N)CC=C2N. The molecule has 5 N–H and O–H groups in total. The van der Waals surface area contributed by atoms with Gasteiger partial charge >= 0.3 is 0 Å². The second-order valence-corrected chi connectivity index (χ2v) is 6.77. The van der Waals surface area contributed by atoms with E-state index < -0.39 is 23.2 Å². The Bertz CT molecular complexity index is 838. The lowest BCUT2D eigenvalue weighted by atomic mass is 9.85. The molecule has 6 nitrogen and oxygen atoms in total. The second kappa shape index (κ2) is 5.82. The summed E-state index contributed by atoms with van der Waals surface area (Å²) in [5.74, 6) is -0.948. The predicted octanol–water partition coefficient (Wildman–Crippen LogP) is 1.03. The lowest BCUT2D eigenvalue weighted by Gasteiger charge is -2.24. The van der Waals surface area contributed by atoms with E-state index in [4.69, 9.17) is 16.2 Å². The van der Waals surface area contributed by atoms with Crippen molar-refractivity contribution in [3.05, 3.63) is 52.2 Å². The number of rotatable bonds is 3. The lowest BCUT2D eigenvalue weighted by Crippen LogP contribution is -2.41. The van der Waals surface area contributed by atoms with E-state index in [9.17, 15) is 14.7 Å². The zero-order valence-corrected chi connectivity index (χ0v) is 14.5. The van der Waals surface area contributed by atoms with E-state index in [0.717, 1.165) is 5.56 Å². The third kappa shape index (κ3) is 2.33. The predicted molar refractivity (Wildman–Crippen MR) is 92.9 cm³/mol. The Hall–Kier alpha value is -2.44. The van der Waals surface area contributed by atoms with Crippen LogP contribution in [0.4, 0.5) is 0 Å². The minimum Gasteiger partial charge on any atom is -0.496 e. The molecule has 0 spiro atoms. The van der Waals surface area contributed by atoms with E-state index in [-0.39, 0.29) is 34.1 Å². The van der Waals surface area contributed by atoms with Crippen LogP contribution in [0.5, 0.6) is 5.75 Å². The molecule has 0 saturated heterocycles. The van der Waals surface area contributed by atoms with Gasteiger partial charge in [0.1, 0.15) is 5.75 Å². The van der Waals surface area contributed by atoms with Crippen molar-refractivity contribution in [3.8, 4) is 5.75 Å². The molecular formula is C19H22N2O4. The van der Waals surface area contributed by atoms with Crippen LogP contribution < -0.4 is 16.2 Å². The fourth-order valence-corrected chi connectivity index (χ4v) is 3.44. The first-order valence-electron chi connectivity index (χ1n) is 8.19. The van der Waals surface area contributed by atoms with Gasteiger partial charge < -0.3 is 21.3 Å². The molecule has 3 rings (SSSR count). The van der Waals surface area contributed by atoms with Gasteiger partial charge in [-0.2, -0.15) is 0 Å². The summed E-state index contributed by atoms with van der Waals surface area (Å²) in [6.07, 6.45) is 1.96. The molecule has 2 aliphatic rings. The van der Waals surface area contributed by atoms with Crippen LogP contribution in [0.3, 0.4) is 0 Å². The highest BCUT2D eigenvalue weighted by atomic mass is 16.5. The maximum Gasteiger partial charge on any atom is 0.220 e. The number of Topliss-reactive ketones (excluding diaryl/α,β-unsaturated/α-hetero) is 2. The molecule has 25 heavy (non-hydrogen) atoms. The molecule has 0 aromatic heterocycles. The summed E-state index contributed by atoms with van der Waals surface area (Å²) in [4.78, 5) is 25.9. The highest BCUT2D eigenvalue weighted by Gasteiger charge is 2.57. The van der Waals surface area contributed by atoms with Crippen LogP contribution in [0.25, 0.3) is 0 Å². The first-order chi connectivity index (χ1) is 11.7. The van der Waals surface area contributed by atoms with Crippen LogP contribution in [0.2, 0.25) is 0 Å². The zero-order valence-electron chi connectivity index (χ0n) is 14.5. The van der Waals surface area contributed by atoms with Crippen LogP contribution in [0.15, 0.2) is 41.1 Å². The number of allylic oxidation sites excluding steroid dienone is 1. The summed E-state index contributed by atoms with van der Waals surface area (Å²) in [6.45, 7) is 4.03. The van der Waals surface area contributed by atoms with E-state index in [1.807, 2.05) is 13.8 Å². The van der Waals surface area contributed by atoms with Crippen molar-refractivity contribution in [1.82, 2.24) is 0 Å². The molecule has 1 aromatic carbocycles. The van der Waals surface area contributed by atoms with E-state index in [0.29, 0.717) is 6.42 Å². The topological polar surface area (TPSA) is 116 Å². The van der Waals surface area contributed by atoms with Crippen LogP contribution in [-0.4, -0.2) is 29.8 Å². The maximum absolute atomic E-state index is 13.0. The average molecular weight is 342 g/mol. The monoisotopic (exact) mass is 342 g/mol. The number of nitrogens with two attached hydrogens (primary N) is 2. The molecule has 0 bridgehead atoms. The Morgan fingerprint density at radius 1 is 1.28 bits per heavy atom. The molecule has 1 aromatic rings. The summed E-state index contributed by atoms with van der Waals surface area (Å²) in [6, 6.07) is 4.41. The maximum atomic E-state index is 13.0. The third-order valence-electron chi connectivity index (χ3n) is 4.93. The number of carbonyl (C=O) groups is 2. The molecule has 0 radical (unpaired) electrons. The van der Waals surface area contributed by atoms with E-state index >= 15 is 0 Å². The third-order valence-corrected chi connectivity index (χ3v) is 4.93. The first kappa shape index (κ1) is 17.4. The van der Waals surface area contributed by atoms with Crippen molar-refractivity contribution in [2.75, 3.05) is 7.11 Å². The van der Waals surface area contributed by atoms with Gasteiger partial charge in [-0.3, -0.25) is 9.59 Å². The molecule has 0 aliphatic heterocycles. The molecule has 0 saturated carbocycles. The molecular weight excluding hydrogens is 320 g/mol. The number of ketones is 2. The Kier molecular flexibility index (Phi) is 4.05. The molecule has 6 heteroatoms. The number of hydrogen-bond donors (Lipinski definition) is 3. The van der Waals surface area contributed by atoms with Gasteiger partial charge in [0.05, 0.1) is 12.7 Å². The van der Waals surface area contributed by atoms with Crippen molar-refractivity contribution >= 4 is 11.6 Å². The van der Waals surface area contributed by atoms with Gasteiger partial charge in [0.15, 0.2) is 0 Å². The van der Waals surface area contributed by atoms with Crippen molar-refractivity contribution in [1.29, 1.82) is 0 Å². The summed E-state index contributed by atoms with van der Waals surface area (Å²) < 4.78 is 5.36. The lowest BCUT2D eigenvalue weighted by molar-refractivity contribution is -0.144. The van der Waals surface area contributed by atoms with Crippen molar-refractivity contribution in [2.45, 2.75) is 37.8 Å². The summed E-state index contributed by atoms with van der Waals surface area (Å²) >= 11 is 0. The van der Waals surface area contributed by atoms with Gasteiger partial charge in [0, 0.05) is 22.9 Å². The summed E-state index contributed by atoms with van der Waals surface area (Å²) in [7, 11) is 1.43. The van der Waals surface area contributed by atoms with E-state index in [1.54, 1.807) is 24.3 Å². The quantitative estimate of drug-likeness (QED) is 0.707. The number of hydrogen-bond acceptors (Lipinski definition) is 6. The fourth-order valence-electron chi connectivity index (χ4n) is 3.44. The number of benzene rings is 1. The zero-order chi connectivity index (χ0) is 18.5. The van der Waals surface area contributed by atoms with Crippen LogP contribution in [0, 0.1) is 0 Å². The Morgan fingerprint density at radius 3 is 2.52 bits per heavy atom. The minimum atomic E-state index is -2.36. The average Bonchev–Trinajstić information content (AvgIpc) is 2.80. The number of aliphatic hydroxyl groups is 1. The van der Waals surface area contributed by atoms with E-state index in [1.165, 1.54) is 7.11 Å². The standard InChI is InChI=1S/C19H22N2O4/c1-9(2)10-4-5-11(14(8-10)25-3)19(24)17(22)15-12(20)6-7-13(21)16(15)18(19)23/h4-6,8-9,13,24H,7,20-21H2,1-3H3. The van der Waals surface area contributed by atoms with Crippen molar-refractivity contribution in [2.24, 2.45) is 11.5 Å². The number of ether oxygens (including phenoxy) is 1. The summed E-state index contributed by atoms with van der Waals surface area (Å²) in [5.41, 5.74) is 10.9. The fraction of sp³-hybridized carbons (Fsp3) is 0.368.